The topological polar surface area (TPSA) is 41.9 Å². The van der Waals surface area contributed by atoms with Gasteiger partial charge in [-0.2, -0.15) is 0 Å². The molecule has 3 aliphatic carbocycles. The third-order valence-corrected chi connectivity index (χ3v) is 13.4. The number of para-hydroxylation sites is 1. The lowest BCUT2D eigenvalue weighted by Gasteiger charge is -2.26. The van der Waals surface area contributed by atoms with Crippen LogP contribution >= 0.6 is 11.3 Å². The Hall–Kier alpha value is -7.21. The molecule has 8 aromatic rings. The SMILES string of the molecule is C1=CCCC(c2nc(-c3cccc4sc5cc(N(c6ccccc6)c6ccc(-c7ccc(-c8ccccc8)cc7)cc6)ccc5c34)nc(C3C=CC=CC3C3=CCCC=C3)n2)=C1. The summed E-state index contributed by atoms with van der Waals surface area (Å²) >= 11 is 1.82. The molecule has 62 heavy (non-hydrogen) atoms. The van der Waals surface area contributed by atoms with E-state index < -0.39 is 0 Å². The molecular weight excluding hydrogens is 773 g/mol. The van der Waals surface area contributed by atoms with Crippen LogP contribution in [0.1, 0.15) is 43.3 Å². The van der Waals surface area contributed by atoms with Crippen LogP contribution in [0.3, 0.4) is 0 Å². The van der Waals surface area contributed by atoms with Crippen molar-refractivity contribution in [3.8, 4) is 33.6 Å². The molecule has 298 valence electrons. The van der Waals surface area contributed by atoms with Gasteiger partial charge in [-0.1, -0.05) is 164 Å². The summed E-state index contributed by atoms with van der Waals surface area (Å²) in [7, 11) is 0. The molecule has 6 aromatic carbocycles. The predicted molar refractivity (Wildman–Crippen MR) is 261 cm³/mol. The lowest BCUT2D eigenvalue weighted by atomic mass is 9.80. The smallest absolute Gasteiger partial charge is 0.164 e. The van der Waals surface area contributed by atoms with Gasteiger partial charge in [0.1, 0.15) is 5.82 Å². The van der Waals surface area contributed by atoms with Gasteiger partial charge >= 0.3 is 0 Å². The van der Waals surface area contributed by atoms with E-state index in [-0.39, 0.29) is 11.8 Å². The number of anilines is 3. The molecule has 2 atom stereocenters. The van der Waals surface area contributed by atoms with E-state index in [4.69, 9.17) is 15.0 Å². The van der Waals surface area contributed by atoms with E-state index in [9.17, 15) is 0 Å². The number of fused-ring (bicyclic) bond motifs is 3. The van der Waals surface area contributed by atoms with Gasteiger partial charge in [-0.25, -0.2) is 15.0 Å². The lowest BCUT2D eigenvalue weighted by Crippen LogP contribution is -2.18. The molecule has 0 saturated heterocycles. The minimum Gasteiger partial charge on any atom is -0.310 e. The first-order valence-corrected chi connectivity index (χ1v) is 22.5. The molecule has 0 N–H and O–H groups in total. The van der Waals surface area contributed by atoms with Crippen LogP contribution in [-0.2, 0) is 0 Å². The molecule has 0 amide bonds. The van der Waals surface area contributed by atoms with E-state index >= 15 is 0 Å². The quantitative estimate of drug-likeness (QED) is 0.146. The summed E-state index contributed by atoms with van der Waals surface area (Å²) in [6, 6.07) is 52.4. The maximum atomic E-state index is 5.37. The zero-order valence-corrected chi connectivity index (χ0v) is 35.1. The second kappa shape index (κ2) is 16.7. The van der Waals surface area contributed by atoms with Gasteiger partial charge in [0, 0.05) is 54.6 Å². The second-order valence-corrected chi connectivity index (χ2v) is 17.2. The van der Waals surface area contributed by atoms with Gasteiger partial charge in [-0.15, -0.1) is 11.3 Å². The van der Waals surface area contributed by atoms with Crippen LogP contribution < -0.4 is 4.90 Å². The summed E-state index contributed by atoms with van der Waals surface area (Å²) in [5.74, 6) is 2.50. The molecule has 0 spiro atoms. The highest BCUT2D eigenvalue weighted by Crippen LogP contribution is 2.44. The van der Waals surface area contributed by atoms with E-state index in [1.54, 1.807) is 0 Å². The Kier molecular flexibility index (Phi) is 10.2. The van der Waals surface area contributed by atoms with Crippen molar-refractivity contribution in [2.45, 2.75) is 31.6 Å². The molecule has 2 aromatic heterocycles. The summed E-state index contributed by atoms with van der Waals surface area (Å²) in [4.78, 5) is 18.2. The van der Waals surface area contributed by atoms with Crippen LogP contribution in [0.15, 0.2) is 212 Å². The molecule has 11 rings (SSSR count). The van der Waals surface area contributed by atoms with Gasteiger partial charge in [0.2, 0.25) is 0 Å². The van der Waals surface area contributed by atoms with Gasteiger partial charge in [0.15, 0.2) is 11.6 Å². The number of hydrogen-bond acceptors (Lipinski definition) is 5. The van der Waals surface area contributed by atoms with Crippen LogP contribution in [0.5, 0.6) is 0 Å². The van der Waals surface area contributed by atoms with Crippen molar-refractivity contribution in [1.82, 2.24) is 15.0 Å². The van der Waals surface area contributed by atoms with Gasteiger partial charge in [0.05, 0.1) is 0 Å². The van der Waals surface area contributed by atoms with Crippen LogP contribution in [-0.4, -0.2) is 15.0 Å². The Bertz CT molecular complexity index is 3110. The Balaban J connectivity index is 0.980. The Morgan fingerprint density at radius 3 is 1.92 bits per heavy atom. The molecule has 4 nitrogen and oxygen atoms in total. The average Bonchev–Trinajstić information content (AvgIpc) is 3.74. The predicted octanol–water partition coefficient (Wildman–Crippen LogP) is 15.5. The van der Waals surface area contributed by atoms with Crippen molar-refractivity contribution < 1.29 is 0 Å². The molecular formula is C57H44N4S. The maximum absolute atomic E-state index is 5.37. The molecule has 3 aliphatic rings. The van der Waals surface area contributed by atoms with Crippen molar-refractivity contribution in [2.24, 2.45) is 5.92 Å². The number of aromatic nitrogens is 3. The first kappa shape index (κ1) is 37.8. The largest absolute Gasteiger partial charge is 0.310 e. The Labute approximate surface area is 367 Å². The van der Waals surface area contributed by atoms with Crippen LogP contribution in [0, 0.1) is 5.92 Å². The van der Waals surface area contributed by atoms with Crippen LogP contribution in [0.4, 0.5) is 17.1 Å². The minimum absolute atomic E-state index is 0.00781. The fourth-order valence-electron chi connectivity index (χ4n) is 9.10. The van der Waals surface area contributed by atoms with E-state index in [0.29, 0.717) is 0 Å². The fourth-order valence-corrected chi connectivity index (χ4v) is 10.3. The Morgan fingerprint density at radius 1 is 0.516 bits per heavy atom. The number of thiophene rings is 1. The van der Waals surface area contributed by atoms with Crippen molar-refractivity contribution in [2.75, 3.05) is 4.90 Å². The molecule has 0 saturated carbocycles. The minimum atomic E-state index is 0.00781. The van der Waals surface area contributed by atoms with Gasteiger partial charge < -0.3 is 4.90 Å². The fraction of sp³-hybridized carbons (Fsp3) is 0.105. The zero-order chi connectivity index (χ0) is 41.2. The highest BCUT2D eigenvalue weighted by Gasteiger charge is 2.28. The molecule has 0 bridgehead atoms. The van der Waals surface area contributed by atoms with E-state index in [1.165, 1.54) is 48.0 Å². The van der Waals surface area contributed by atoms with Crippen molar-refractivity contribution >= 4 is 54.1 Å². The monoisotopic (exact) mass is 816 g/mol. The number of hydrogen-bond donors (Lipinski definition) is 0. The molecule has 2 unspecified atom stereocenters. The normalized spacial score (nSPS) is 17.0. The van der Waals surface area contributed by atoms with E-state index in [0.717, 1.165) is 71.4 Å². The zero-order valence-electron chi connectivity index (χ0n) is 34.3. The third-order valence-electron chi connectivity index (χ3n) is 12.2. The van der Waals surface area contributed by atoms with Crippen molar-refractivity contribution in [1.29, 1.82) is 0 Å². The summed E-state index contributed by atoms with van der Waals surface area (Å²) in [6.45, 7) is 0. The van der Waals surface area contributed by atoms with Gasteiger partial charge in [0.25, 0.3) is 0 Å². The number of allylic oxidation sites excluding steroid dienone is 12. The molecule has 0 fully saturated rings. The summed E-state index contributed by atoms with van der Waals surface area (Å²) in [6.07, 6.45) is 26.4. The molecule has 2 heterocycles. The molecule has 0 aliphatic heterocycles. The number of nitrogens with zero attached hydrogens (tertiary/aromatic N) is 4. The number of benzene rings is 6. The summed E-state index contributed by atoms with van der Waals surface area (Å²) in [5, 5.41) is 2.38. The number of rotatable bonds is 9. The van der Waals surface area contributed by atoms with Gasteiger partial charge in [-0.3, -0.25) is 0 Å². The average molecular weight is 817 g/mol. The maximum Gasteiger partial charge on any atom is 0.164 e. The van der Waals surface area contributed by atoms with Crippen molar-refractivity contribution in [3.63, 3.8) is 0 Å². The van der Waals surface area contributed by atoms with E-state index in [2.05, 4.69) is 211 Å². The second-order valence-electron chi connectivity index (χ2n) is 16.1. The third kappa shape index (κ3) is 7.35. The van der Waals surface area contributed by atoms with E-state index in [1.807, 2.05) is 11.3 Å². The van der Waals surface area contributed by atoms with Gasteiger partial charge in [-0.05, 0) is 102 Å². The van der Waals surface area contributed by atoms with Crippen LogP contribution in [0.25, 0.3) is 59.4 Å². The van der Waals surface area contributed by atoms with Crippen LogP contribution in [0.2, 0.25) is 0 Å². The first-order chi connectivity index (χ1) is 30.7. The standard InChI is InChI=1S/C57H44N4S/c1-5-16-39(17-6-1)40-28-30-41(31-29-40)42-32-34-46(35-33-42)61(45-22-11-4-12-23-45)47-36-37-50-53(38-47)62-52-27-15-26-51(54(50)52)57-59-55(44-20-9-3-10-21-44)58-56(60-57)49-25-14-13-24-48(49)43-18-7-2-8-19-43/h1,3-7,9,11-20,22-38,48-49H,2,8,10,21H2. The summed E-state index contributed by atoms with van der Waals surface area (Å²) in [5.41, 5.74) is 11.7. The lowest BCUT2D eigenvalue weighted by molar-refractivity contribution is 0.625. The Morgan fingerprint density at radius 2 is 1.19 bits per heavy atom. The van der Waals surface area contributed by atoms with Crippen molar-refractivity contribution in [3.05, 3.63) is 224 Å². The highest BCUT2D eigenvalue weighted by molar-refractivity contribution is 7.26. The first-order valence-electron chi connectivity index (χ1n) is 21.6. The molecule has 5 heteroatoms. The highest BCUT2D eigenvalue weighted by atomic mass is 32.1. The summed E-state index contributed by atoms with van der Waals surface area (Å²) < 4.78 is 2.43. The molecule has 0 radical (unpaired) electrons.